The molecule has 0 aliphatic carbocycles. The molecule has 0 spiro atoms. The molecule has 0 amide bonds. The lowest BCUT2D eigenvalue weighted by Gasteiger charge is -2.02. The molecule has 2 aromatic rings. The van der Waals surface area contributed by atoms with Crippen LogP contribution in [-0.2, 0) is 9.47 Å². The van der Waals surface area contributed by atoms with Crippen LogP contribution in [0.3, 0.4) is 0 Å². The Morgan fingerprint density at radius 1 is 0.682 bits per heavy atom. The number of benzene rings is 2. The van der Waals surface area contributed by atoms with Gasteiger partial charge < -0.3 is 9.47 Å². The molecule has 0 heterocycles. The van der Waals surface area contributed by atoms with Gasteiger partial charge in [-0.2, -0.15) is 0 Å². The number of hydrogen-bond donors (Lipinski definition) is 0. The maximum absolute atomic E-state index is 11.6. The predicted octanol–water partition coefficient (Wildman–Crippen LogP) is 3.26. The van der Waals surface area contributed by atoms with Crippen LogP contribution in [0.5, 0.6) is 0 Å². The van der Waals surface area contributed by atoms with E-state index >= 15 is 0 Å². The summed E-state index contributed by atoms with van der Waals surface area (Å²) in [6, 6.07) is 17.5. The number of esters is 2. The van der Waals surface area contributed by atoms with E-state index in [1.54, 1.807) is 60.7 Å². The molecule has 0 atom stereocenters. The smallest absolute Gasteiger partial charge is 0.338 e. The average molecular weight is 296 g/mol. The molecule has 0 saturated heterocycles. The highest BCUT2D eigenvalue weighted by atomic mass is 16.5. The molecular weight excluding hydrogens is 280 g/mol. The zero-order valence-corrected chi connectivity index (χ0v) is 12.0. The van der Waals surface area contributed by atoms with E-state index in [4.69, 9.17) is 9.47 Å². The molecule has 0 fully saturated rings. The maximum atomic E-state index is 11.6. The highest BCUT2D eigenvalue weighted by Gasteiger charge is 2.05. The first-order valence-electron chi connectivity index (χ1n) is 6.87. The summed E-state index contributed by atoms with van der Waals surface area (Å²) in [5.41, 5.74) is 1.01. The van der Waals surface area contributed by atoms with Gasteiger partial charge in [0.2, 0.25) is 0 Å². The fraction of sp³-hybridized carbons (Fsp3) is 0.111. The first kappa shape index (κ1) is 15.5. The lowest BCUT2D eigenvalue weighted by atomic mass is 10.2. The summed E-state index contributed by atoms with van der Waals surface area (Å²) in [4.78, 5) is 23.3. The van der Waals surface area contributed by atoms with E-state index in [0.717, 1.165) is 0 Å². The number of hydrogen-bond acceptors (Lipinski definition) is 4. The number of ether oxygens (including phenoxy) is 2. The summed E-state index contributed by atoms with van der Waals surface area (Å²) in [5, 5.41) is 0. The lowest BCUT2D eigenvalue weighted by molar-refractivity contribution is 0.0527. The normalized spacial score (nSPS) is 10.4. The molecule has 0 aliphatic heterocycles. The molecule has 0 N–H and O–H groups in total. The minimum Gasteiger partial charge on any atom is -0.458 e. The van der Waals surface area contributed by atoms with Gasteiger partial charge >= 0.3 is 11.9 Å². The molecule has 4 nitrogen and oxygen atoms in total. The van der Waals surface area contributed by atoms with Crippen molar-refractivity contribution in [3.63, 3.8) is 0 Å². The summed E-state index contributed by atoms with van der Waals surface area (Å²) < 4.78 is 10.1. The zero-order valence-electron chi connectivity index (χ0n) is 12.0. The van der Waals surface area contributed by atoms with Crippen molar-refractivity contribution in [1.29, 1.82) is 0 Å². The van der Waals surface area contributed by atoms with E-state index in [9.17, 15) is 9.59 Å². The minimum absolute atomic E-state index is 0.136. The van der Waals surface area contributed by atoms with Crippen LogP contribution in [0.15, 0.2) is 72.8 Å². The summed E-state index contributed by atoms with van der Waals surface area (Å²) in [6.45, 7) is 0.271. The summed E-state index contributed by atoms with van der Waals surface area (Å²) in [5.74, 6) is -0.766. The molecule has 22 heavy (non-hydrogen) atoms. The van der Waals surface area contributed by atoms with Gasteiger partial charge in [-0.25, -0.2) is 9.59 Å². The van der Waals surface area contributed by atoms with Crippen LogP contribution in [0.2, 0.25) is 0 Å². The molecule has 0 radical (unpaired) electrons. The molecule has 4 heteroatoms. The van der Waals surface area contributed by atoms with Gasteiger partial charge in [-0.1, -0.05) is 36.4 Å². The van der Waals surface area contributed by atoms with Gasteiger partial charge in [0, 0.05) is 0 Å². The Hall–Kier alpha value is -2.88. The first-order valence-corrected chi connectivity index (χ1v) is 6.87. The van der Waals surface area contributed by atoms with Crippen molar-refractivity contribution >= 4 is 11.9 Å². The van der Waals surface area contributed by atoms with Crippen LogP contribution < -0.4 is 0 Å². The molecular formula is C18H16O4. The topological polar surface area (TPSA) is 52.6 Å². The molecule has 0 saturated carbocycles. The van der Waals surface area contributed by atoms with Crippen molar-refractivity contribution in [2.75, 3.05) is 13.2 Å². The van der Waals surface area contributed by atoms with E-state index in [-0.39, 0.29) is 25.2 Å². The Morgan fingerprint density at radius 3 is 1.41 bits per heavy atom. The van der Waals surface area contributed by atoms with Crippen molar-refractivity contribution in [3.8, 4) is 0 Å². The third kappa shape index (κ3) is 4.90. The number of carbonyl (C=O) groups excluding carboxylic acids is 2. The monoisotopic (exact) mass is 296 g/mol. The molecule has 0 aromatic heterocycles. The molecule has 0 unspecified atom stereocenters. The minimum atomic E-state index is -0.383. The van der Waals surface area contributed by atoms with Gasteiger partial charge in [0.15, 0.2) is 0 Å². The van der Waals surface area contributed by atoms with Gasteiger partial charge in [-0.15, -0.1) is 0 Å². The summed E-state index contributed by atoms with van der Waals surface area (Å²) in [7, 11) is 0. The quantitative estimate of drug-likeness (QED) is 0.606. The van der Waals surface area contributed by atoms with Crippen molar-refractivity contribution in [2.24, 2.45) is 0 Å². The Labute approximate surface area is 129 Å². The van der Waals surface area contributed by atoms with E-state index in [0.29, 0.717) is 11.1 Å². The second-order valence-corrected chi connectivity index (χ2v) is 4.40. The van der Waals surface area contributed by atoms with Crippen molar-refractivity contribution in [1.82, 2.24) is 0 Å². The largest absolute Gasteiger partial charge is 0.458 e. The van der Waals surface area contributed by atoms with Crippen LogP contribution in [0.1, 0.15) is 20.7 Å². The van der Waals surface area contributed by atoms with Gasteiger partial charge in [-0.05, 0) is 36.4 Å². The Balaban J connectivity index is 1.67. The van der Waals surface area contributed by atoms with Crippen LogP contribution >= 0.6 is 0 Å². The number of rotatable bonds is 6. The Morgan fingerprint density at radius 2 is 1.05 bits per heavy atom. The maximum Gasteiger partial charge on any atom is 0.338 e. The van der Waals surface area contributed by atoms with E-state index in [2.05, 4.69) is 0 Å². The highest BCUT2D eigenvalue weighted by molar-refractivity contribution is 5.89. The average Bonchev–Trinajstić information content (AvgIpc) is 2.59. The second kappa shape index (κ2) is 8.42. The molecule has 2 rings (SSSR count). The Kier molecular flexibility index (Phi) is 5.93. The molecule has 2 aromatic carbocycles. The summed E-state index contributed by atoms with van der Waals surface area (Å²) in [6.07, 6.45) is 3.28. The molecule has 0 aliphatic rings. The van der Waals surface area contributed by atoms with Gasteiger partial charge in [0.05, 0.1) is 11.1 Å². The SMILES string of the molecule is O=C(OC/C=C/COC(=O)c1ccccc1)c1ccccc1. The molecule has 112 valence electrons. The third-order valence-corrected chi connectivity index (χ3v) is 2.81. The standard InChI is InChI=1S/C18H16O4/c19-17(15-9-3-1-4-10-15)21-13-7-8-14-22-18(20)16-11-5-2-6-12-16/h1-12H,13-14H2/b8-7+. The van der Waals surface area contributed by atoms with Crippen molar-refractivity contribution in [2.45, 2.75) is 0 Å². The Bertz CT molecular complexity index is 575. The van der Waals surface area contributed by atoms with E-state index < -0.39 is 0 Å². The first-order chi connectivity index (χ1) is 10.8. The lowest BCUT2D eigenvalue weighted by Crippen LogP contribution is -2.06. The third-order valence-electron chi connectivity index (χ3n) is 2.81. The van der Waals surface area contributed by atoms with E-state index in [1.807, 2.05) is 12.1 Å². The van der Waals surface area contributed by atoms with Gasteiger partial charge in [0.1, 0.15) is 13.2 Å². The summed E-state index contributed by atoms with van der Waals surface area (Å²) >= 11 is 0. The van der Waals surface area contributed by atoms with Crippen LogP contribution in [0, 0.1) is 0 Å². The second-order valence-electron chi connectivity index (χ2n) is 4.40. The number of carbonyl (C=O) groups is 2. The van der Waals surface area contributed by atoms with Crippen LogP contribution in [0.25, 0.3) is 0 Å². The molecule has 0 bridgehead atoms. The zero-order chi connectivity index (χ0) is 15.6. The van der Waals surface area contributed by atoms with Crippen LogP contribution in [0.4, 0.5) is 0 Å². The van der Waals surface area contributed by atoms with Crippen molar-refractivity contribution < 1.29 is 19.1 Å². The predicted molar refractivity (Wildman–Crippen MR) is 82.6 cm³/mol. The van der Waals surface area contributed by atoms with Gasteiger partial charge in [0.25, 0.3) is 0 Å². The fourth-order valence-electron chi connectivity index (χ4n) is 1.70. The van der Waals surface area contributed by atoms with Crippen LogP contribution in [-0.4, -0.2) is 25.2 Å². The fourth-order valence-corrected chi connectivity index (χ4v) is 1.70. The highest BCUT2D eigenvalue weighted by Crippen LogP contribution is 2.02. The van der Waals surface area contributed by atoms with Gasteiger partial charge in [-0.3, -0.25) is 0 Å². The van der Waals surface area contributed by atoms with Crippen molar-refractivity contribution in [3.05, 3.63) is 83.9 Å². The van der Waals surface area contributed by atoms with E-state index in [1.165, 1.54) is 0 Å².